The molecule has 0 fully saturated rings. The first-order valence-corrected chi connectivity index (χ1v) is 7.48. The third-order valence-corrected chi connectivity index (χ3v) is 4.13. The van der Waals surface area contributed by atoms with Crippen LogP contribution in [-0.2, 0) is 4.79 Å². The molecule has 0 unspecified atom stereocenters. The van der Waals surface area contributed by atoms with Gasteiger partial charge in [0.15, 0.2) is 0 Å². The average Bonchev–Trinajstić information content (AvgIpc) is 2.62. The molecule has 0 atom stereocenters. The standard InChI is InChI=1S/C21H14O2/c22-14-23-21-18-10-4-2-7-16(18)12-13-20(21)19-11-5-8-15-6-1-3-9-17(15)19/h1-14H. The summed E-state index contributed by atoms with van der Waals surface area (Å²) in [6, 6.07) is 26.4. The minimum absolute atomic E-state index is 0.496. The topological polar surface area (TPSA) is 26.3 Å². The molecule has 0 aliphatic carbocycles. The van der Waals surface area contributed by atoms with Crippen LogP contribution in [0.5, 0.6) is 5.75 Å². The van der Waals surface area contributed by atoms with E-state index >= 15 is 0 Å². The molecule has 0 amide bonds. The van der Waals surface area contributed by atoms with E-state index < -0.39 is 0 Å². The second kappa shape index (κ2) is 5.58. The van der Waals surface area contributed by atoms with Crippen LogP contribution in [0, 0.1) is 0 Å². The van der Waals surface area contributed by atoms with Crippen molar-refractivity contribution in [3.63, 3.8) is 0 Å². The molecule has 0 N–H and O–H groups in total. The van der Waals surface area contributed by atoms with Crippen molar-refractivity contribution >= 4 is 28.0 Å². The van der Waals surface area contributed by atoms with E-state index in [1.807, 2.05) is 48.5 Å². The number of fused-ring (bicyclic) bond motifs is 2. The fraction of sp³-hybridized carbons (Fsp3) is 0. The molecule has 4 rings (SSSR count). The van der Waals surface area contributed by atoms with Crippen LogP contribution in [0.3, 0.4) is 0 Å². The summed E-state index contributed by atoms with van der Waals surface area (Å²) in [6.07, 6.45) is 0. The first-order valence-electron chi connectivity index (χ1n) is 7.48. The first kappa shape index (κ1) is 13.5. The molecule has 0 heterocycles. The van der Waals surface area contributed by atoms with Gasteiger partial charge in [0.2, 0.25) is 0 Å². The van der Waals surface area contributed by atoms with Gasteiger partial charge in [0, 0.05) is 10.9 Å². The Morgan fingerprint density at radius 2 is 1.26 bits per heavy atom. The second-order valence-electron chi connectivity index (χ2n) is 5.40. The summed E-state index contributed by atoms with van der Waals surface area (Å²) in [7, 11) is 0. The number of benzene rings is 4. The van der Waals surface area contributed by atoms with Crippen molar-refractivity contribution < 1.29 is 9.53 Å². The normalized spacial score (nSPS) is 10.8. The fourth-order valence-corrected chi connectivity index (χ4v) is 3.09. The van der Waals surface area contributed by atoms with Crippen LogP contribution in [0.1, 0.15) is 0 Å². The van der Waals surface area contributed by atoms with Crippen LogP contribution in [0.15, 0.2) is 78.9 Å². The van der Waals surface area contributed by atoms with E-state index in [2.05, 4.69) is 30.3 Å². The lowest BCUT2D eigenvalue weighted by Gasteiger charge is -2.13. The SMILES string of the molecule is O=COc1c(-c2cccc3ccccc23)ccc2ccccc12. The average molecular weight is 298 g/mol. The Labute approximate surface area is 133 Å². The Kier molecular flexibility index (Phi) is 3.28. The number of carbonyl (C=O) groups excluding carboxylic acids is 1. The van der Waals surface area contributed by atoms with E-state index in [1.165, 1.54) is 0 Å². The Morgan fingerprint density at radius 3 is 2.04 bits per heavy atom. The van der Waals surface area contributed by atoms with E-state index in [1.54, 1.807) is 0 Å². The van der Waals surface area contributed by atoms with E-state index in [0.717, 1.165) is 32.7 Å². The lowest BCUT2D eigenvalue weighted by molar-refractivity contribution is -0.120. The molecule has 0 bridgehead atoms. The van der Waals surface area contributed by atoms with Gasteiger partial charge in [-0.25, -0.2) is 0 Å². The van der Waals surface area contributed by atoms with Gasteiger partial charge in [0.25, 0.3) is 6.47 Å². The second-order valence-corrected chi connectivity index (χ2v) is 5.40. The quantitative estimate of drug-likeness (QED) is 0.486. The van der Waals surface area contributed by atoms with Crippen LogP contribution in [-0.4, -0.2) is 6.47 Å². The first-order chi connectivity index (χ1) is 11.4. The maximum absolute atomic E-state index is 11.0. The summed E-state index contributed by atoms with van der Waals surface area (Å²) in [6.45, 7) is 0.496. The summed E-state index contributed by atoms with van der Waals surface area (Å²) < 4.78 is 5.37. The molecule has 4 aromatic carbocycles. The summed E-state index contributed by atoms with van der Waals surface area (Å²) >= 11 is 0. The van der Waals surface area contributed by atoms with Gasteiger partial charge in [0.05, 0.1) is 0 Å². The van der Waals surface area contributed by atoms with Crippen molar-refractivity contribution in [3.05, 3.63) is 78.9 Å². The highest BCUT2D eigenvalue weighted by Gasteiger charge is 2.13. The Morgan fingerprint density at radius 1 is 0.609 bits per heavy atom. The maximum atomic E-state index is 11.0. The van der Waals surface area contributed by atoms with E-state index in [0.29, 0.717) is 12.2 Å². The largest absolute Gasteiger partial charge is 0.427 e. The Hall–Kier alpha value is -3.13. The van der Waals surface area contributed by atoms with Gasteiger partial charge in [-0.15, -0.1) is 0 Å². The van der Waals surface area contributed by atoms with E-state index in [-0.39, 0.29) is 0 Å². The van der Waals surface area contributed by atoms with Crippen molar-refractivity contribution in [2.24, 2.45) is 0 Å². The molecular weight excluding hydrogens is 284 g/mol. The van der Waals surface area contributed by atoms with Gasteiger partial charge in [0.1, 0.15) is 5.75 Å². The van der Waals surface area contributed by atoms with Gasteiger partial charge in [-0.1, -0.05) is 72.8 Å². The van der Waals surface area contributed by atoms with Gasteiger partial charge in [-0.2, -0.15) is 0 Å². The molecule has 0 saturated heterocycles. The Balaban J connectivity index is 2.08. The number of hydrogen-bond acceptors (Lipinski definition) is 2. The lowest BCUT2D eigenvalue weighted by atomic mass is 9.95. The molecule has 0 aromatic heterocycles. The minimum Gasteiger partial charge on any atom is -0.427 e. The van der Waals surface area contributed by atoms with Gasteiger partial charge < -0.3 is 4.74 Å². The highest BCUT2D eigenvalue weighted by molar-refractivity contribution is 6.03. The molecular formula is C21H14O2. The number of carbonyl (C=O) groups is 1. The van der Waals surface area contributed by atoms with Crippen molar-refractivity contribution in [2.75, 3.05) is 0 Å². The molecule has 2 nitrogen and oxygen atoms in total. The fourth-order valence-electron chi connectivity index (χ4n) is 3.09. The molecule has 2 heteroatoms. The summed E-state index contributed by atoms with van der Waals surface area (Å²) in [5.74, 6) is 0.606. The van der Waals surface area contributed by atoms with Crippen LogP contribution in [0.25, 0.3) is 32.7 Å². The number of hydrogen-bond donors (Lipinski definition) is 0. The van der Waals surface area contributed by atoms with Crippen molar-refractivity contribution in [3.8, 4) is 16.9 Å². The zero-order valence-electron chi connectivity index (χ0n) is 12.4. The zero-order valence-corrected chi connectivity index (χ0v) is 12.4. The van der Waals surface area contributed by atoms with E-state index in [9.17, 15) is 4.79 Å². The van der Waals surface area contributed by atoms with Crippen LogP contribution in [0.2, 0.25) is 0 Å². The van der Waals surface area contributed by atoms with Gasteiger partial charge >= 0.3 is 0 Å². The molecule has 0 aliphatic heterocycles. The van der Waals surface area contributed by atoms with Gasteiger partial charge in [-0.3, -0.25) is 4.79 Å². The smallest absolute Gasteiger partial charge is 0.298 e. The van der Waals surface area contributed by atoms with Gasteiger partial charge in [-0.05, 0) is 27.8 Å². The summed E-state index contributed by atoms with van der Waals surface area (Å²) in [5.41, 5.74) is 1.98. The summed E-state index contributed by atoms with van der Waals surface area (Å²) in [5, 5.41) is 4.29. The maximum Gasteiger partial charge on any atom is 0.298 e. The summed E-state index contributed by atoms with van der Waals surface area (Å²) in [4.78, 5) is 11.0. The molecule has 110 valence electrons. The minimum atomic E-state index is 0.496. The zero-order chi connectivity index (χ0) is 15.6. The van der Waals surface area contributed by atoms with Crippen LogP contribution < -0.4 is 4.74 Å². The highest BCUT2D eigenvalue weighted by Crippen LogP contribution is 2.39. The highest BCUT2D eigenvalue weighted by atomic mass is 16.5. The predicted molar refractivity (Wildman–Crippen MR) is 93.6 cm³/mol. The number of ether oxygens (including phenoxy) is 1. The molecule has 4 aromatic rings. The molecule has 23 heavy (non-hydrogen) atoms. The molecule has 0 saturated carbocycles. The molecule has 0 spiro atoms. The van der Waals surface area contributed by atoms with Crippen molar-refractivity contribution in [1.29, 1.82) is 0 Å². The number of rotatable bonds is 3. The molecule has 0 aliphatic rings. The monoisotopic (exact) mass is 298 g/mol. The third kappa shape index (κ3) is 2.25. The Bertz CT molecular complexity index is 1010. The van der Waals surface area contributed by atoms with Crippen LogP contribution in [0.4, 0.5) is 0 Å². The van der Waals surface area contributed by atoms with Crippen LogP contribution >= 0.6 is 0 Å². The lowest BCUT2D eigenvalue weighted by Crippen LogP contribution is -1.94. The van der Waals surface area contributed by atoms with E-state index in [4.69, 9.17) is 4.74 Å². The predicted octanol–water partition coefficient (Wildman–Crippen LogP) is 5.20. The van der Waals surface area contributed by atoms with Crippen molar-refractivity contribution in [1.82, 2.24) is 0 Å². The van der Waals surface area contributed by atoms with Crippen molar-refractivity contribution in [2.45, 2.75) is 0 Å². The molecule has 0 radical (unpaired) electrons. The third-order valence-electron chi connectivity index (χ3n) is 4.13.